The number of anilines is 12. The van der Waals surface area contributed by atoms with Gasteiger partial charge in [0.2, 0.25) is 0 Å². The lowest BCUT2D eigenvalue weighted by atomic mass is 10.1. The normalized spacial score (nSPS) is 13.9. The summed E-state index contributed by atoms with van der Waals surface area (Å²) in [7, 11) is -4.15. The fourth-order valence-electron chi connectivity index (χ4n) is 14.7. The van der Waals surface area contributed by atoms with Crippen LogP contribution in [-0.2, 0) is 22.6 Å². The van der Waals surface area contributed by atoms with Gasteiger partial charge in [0.1, 0.15) is 74.9 Å². The molecule has 12 heterocycles. The van der Waals surface area contributed by atoms with Crippen molar-refractivity contribution in [3.8, 4) is 57.1 Å². The highest BCUT2D eigenvalue weighted by Crippen LogP contribution is 2.50. The number of carbonyl (C=O) groups excluding carboxylic acids is 1. The van der Waals surface area contributed by atoms with Crippen LogP contribution in [0.3, 0.4) is 0 Å². The Balaban J connectivity index is 0.000000124. The summed E-state index contributed by atoms with van der Waals surface area (Å²) in [5, 5.41) is 19.4. The van der Waals surface area contributed by atoms with Gasteiger partial charge in [0, 0.05) is 119 Å². The first-order valence-electron chi connectivity index (χ1n) is 40.5. The first-order chi connectivity index (χ1) is 63.2. The number of hydrogen-bond donors (Lipinski definition) is 10. The van der Waals surface area contributed by atoms with Crippen molar-refractivity contribution in [1.29, 1.82) is 0 Å². The molecule has 20 rings (SSSR count). The number of nitrogens with one attached hydrogen (secondary N) is 6. The lowest BCUT2D eigenvalue weighted by Gasteiger charge is -2.13. The highest BCUT2D eigenvalue weighted by molar-refractivity contribution is 7.90. The molecule has 4 aliphatic rings. The number of pyridine rings is 8. The molecule has 0 aliphatic heterocycles. The minimum atomic E-state index is -4.76. The van der Waals surface area contributed by atoms with Crippen LogP contribution in [0.5, 0.6) is 11.5 Å². The molecular weight excluding hydrogens is 1790 g/mol. The molecule has 4 aliphatic carbocycles. The fourth-order valence-corrected chi connectivity index (χ4v) is 15.1. The highest BCUT2D eigenvalue weighted by Gasteiger charge is 2.38. The standard InChI is InChI=1S/C23H18F4N6O.C22H18F4N6O2S.2C22H17F4N5O/c24-14-5-8-19-32-20(12-1-2-12)21(33(19)11-14)17-9-16(30-22(28)34)10-18(31-17)29-15-6-3-13(4-7-15)23(25,26)27;23-14-5-8-19-30-20(12-1-2-12)21(32(19)11-14)17-9-16(31-35(27,33)34)10-18(29-17)28-15-6-3-13(4-7-15)22(24,25)26;23-13-3-8-19-30-20(12-1-2-12)21(31(19)11-13)17-9-14(27)10-18(29-17)28-15-4-6-16(7-5-15)32-22(24,25)26;23-12-3-6-19-30-20(11-1-2-11)21(31(19)10-12)16-7-13(27)8-18(29-16)28-14-4-5-17(15(24)9-14)32-22(25)26/h3-12H,1-2H2,(H4,28,29,30,31,34);3-12H,1-2H2,(H2,27,33,34)(H2,28,29,31);3-12H,1-2H2,(H3,27,28,29);3-11,22H,1-2H2,(H3,27,28,29). The van der Waals surface area contributed by atoms with Crippen LogP contribution in [0, 0.1) is 29.1 Å². The van der Waals surface area contributed by atoms with Crippen LogP contribution in [-0.4, -0.2) is 84.9 Å². The first kappa shape index (κ1) is 89.5. The van der Waals surface area contributed by atoms with Crippen molar-refractivity contribution in [2.24, 2.45) is 10.9 Å². The predicted octanol–water partition coefficient (Wildman–Crippen LogP) is 21.6. The number of amides is 2. The third kappa shape index (κ3) is 21.7. The molecule has 4 aromatic carbocycles. The summed E-state index contributed by atoms with van der Waals surface area (Å²) in [6.45, 7) is -3.13. The number of carbonyl (C=O) groups is 1. The number of primary amides is 1. The van der Waals surface area contributed by atoms with Crippen molar-refractivity contribution < 1.29 is 92.9 Å². The van der Waals surface area contributed by atoms with Crippen molar-refractivity contribution >= 4 is 108 Å². The average Bonchev–Trinajstić information content (AvgIpc) is 1.61. The summed E-state index contributed by atoms with van der Waals surface area (Å²) in [4.78, 5) is 48.4. The number of aromatic nitrogens is 12. The van der Waals surface area contributed by atoms with Crippen molar-refractivity contribution in [2.75, 3.05) is 42.8 Å². The van der Waals surface area contributed by atoms with Gasteiger partial charge >= 0.3 is 31.4 Å². The average molecular weight is 1860 g/mol. The number of alkyl halides is 11. The highest BCUT2D eigenvalue weighted by atomic mass is 32.2. The lowest BCUT2D eigenvalue weighted by molar-refractivity contribution is -0.274. The van der Waals surface area contributed by atoms with Gasteiger partial charge in [0.25, 0.3) is 10.2 Å². The molecule has 27 nitrogen and oxygen atoms in total. The Kier molecular flexibility index (Phi) is 24.1. The number of urea groups is 1. The van der Waals surface area contributed by atoms with Gasteiger partial charge < -0.3 is 53.3 Å². The molecule has 0 spiro atoms. The van der Waals surface area contributed by atoms with Gasteiger partial charge in [-0.3, -0.25) is 22.3 Å². The van der Waals surface area contributed by atoms with E-state index in [9.17, 15) is 83.5 Å². The molecule has 16 aromatic rings. The zero-order valence-electron chi connectivity index (χ0n) is 68.4. The number of nitrogens with zero attached hydrogens (tertiary/aromatic N) is 12. The van der Waals surface area contributed by atoms with Crippen LogP contribution >= 0.6 is 0 Å². The van der Waals surface area contributed by atoms with Crippen LogP contribution in [0.4, 0.5) is 144 Å². The monoisotopic (exact) mass is 1860 g/mol. The van der Waals surface area contributed by atoms with E-state index in [2.05, 4.69) is 80.7 Å². The van der Waals surface area contributed by atoms with E-state index in [0.717, 1.165) is 105 Å². The summed E-state index contributed by atoms with van der Waals surface area (Å²) >= 11 is 0. The summed E-state index contributed by atoms with van der Waals surface area (Å²) in [6.07, 6.45) is -0.785. The number of rotatable bonds is 22. The summed E-state index contributed by atoms with van der Waals surface area (Å²) in [5.41, 5.74) is 27.8. The molecule has 0 atom stereocenters. The van der Waals surface area contributed by atoms with E-state index in [4.69, 9.17) is 22.3 Å². The third-order valence-corrected chi connectivity index (χ3v) is 21.4. The second kappa shape index (κ2) is 35.8. The zero-order valence-corrected chi connectivity index (χ0v) is 69.2. The number of benzene rings is 4. The van der Waals surface area contributed by atoms with Crippen molar-refractivity contribution in [2.45, 2.75) is 100 Å². The van der Waals surface area contributed by atoms with Gasteiger partial charge in [-0.15, -0.1) is 13.2 Å². The zero-order chi connectivity index (χ0) is 93.9. The molecule has 0 bridgehead atoms. The lowest BCUT2D eigenvalue weighted by Crippen LogP contribution is -2.21. The Hall–Kier alpha value is -15.5. The molecule has 14 N–H and O–H groups in total. The van der Waals surface area contributed by atoms with Crippen molar-refractivity contribution in [3.63, 3.8) is 0 Å². The number of halogens is 16. The summed E-state index contributed by atoms with van der Waals surface area (Å²) in [6, 6.07) is 40.6. The Bertz CT molecular complexity index is 7250. The van der Waals surface area contributed by atoms with Gasteiger partial charge in [-0.1, -0.05) is 0 Å². The van der Waals surface area contributed by atoms with Crippen LogP contribution in [0.15, 0.2) is 213 Å². The minimum absolute atomic E-state index is 0.0556. The van der Waals surface area contributed by atoms with Crippen LogP contribution < -0.4 is 63.1 Å². The Morgan fingerprint density at radius 2 is 0.707 bits per heavy atom. The number of fused-ring (bicyclic) bond motifs is 4. The number of ether oxygens (including phenoxy) is 2. The van der Waals surface area contributed by atoms with E-state index in [-0.39, 0.29) is 63.8 Å². The summed E-state index contributed by atoms with van der Waals surface area (Å²) < 4.78 is 249. The molecular formula is C89H70F16N22O5S. The van der Waals surface area contributed by atoms with Crippen molar-refractivity contribution in [1.82, 2.24) is 57.5 Å². The van der Waals surface area contributed by atoms with E-state index in [0.29, 0.717) is 108 Å². The maximum atomic E-state index is 14.1. The smallest absolute Gasteiger partial charge is 0.432 e. The molecule has 44 heteroatoms. The largest absolute Gasteiger partial charge is 0.573 e. The quantitative estimate of drug-likeness (QED) is 0.0282. The predicted molar refractivity (Wildman–Crippen MR) is 462 cm³/mol. The van der Waals surface area contributed by atoms with Crippen LogP contribution in [0.2, 0.25) is 0 Å². The van der Waals surface area contributed by atoms with Crippen molar-refractivity contribution in [3.05, 3.63) is 276 Å². The SMILES string of the molecule is NC(=O)Nc1cc(Nc2ccc(C(F)(F)F)cc2)nc(-c2c(C3CC3)nc3ccc(F)cn23)c1.NS(=O)(=O)Nc1cc(Nc2ccc(C(F)(F)F)cc2)nc(-c2c(C3CC3)nc3ccc(F)cn23)c1.Nc1cc(Nc2ccc(OC(F)(F)F)cc2)nc(-c2c(C3CC3)nc3ccc(F)cn23)c1.Nc1cc(Nc2ccc(OC(F)F)c(F)c2)nc(-c2c(C3CC3)nc3ccc(F)cn23)c1. The topological polar surface area (TPSA) is 367 Å². The Labute approximate surface area is 741 Å². The minimum Gasteiger partial charge on any atom is -0.432 e. The van der Waals surface area contributed by atoms with Gasteiger partial charge in [0.15, 0.2) is 11.6 Å². The Morgan fingerprint density at radius 3 is 1.02 bits per heavy atom. The third-order valence-electron chi connectivity index (χ3n) is 20.9. The Morgan fingerprint density at radius 1 is 0.391 bits per heavy atom. The van der Waals surface area contributed by atoms with Crippen LogP contribution in [0.1, 0.15) is 109 Å². The molecule has 2 amide bonds. The maximum Gasteiger partial charge on any atom is 0.573 e. The van der Waals surface area contributed by atoms with E-state index in [1.54, 1.807) is 61.7 Å². The maximum absolute atomic E-state index is 14.1. The van der Waals surface area contributed by atoms with Gasteiger partial charge in [-0.2, -0.15) is 43.5 Å². The molecule has 0 unspecified atom stereocenters. The van der Waals surface area contributed by atoms with E-state index in [1.807, 2.05) is 0 Å². The molecule has 133 heavy (non-hydrogen) atoms. The van der Waals surface area contributed by atoms with Gasteiger partial charge in [-0.25, -0.2) is 71.8 Å². The number of imidazole rings is 4. The van der Waals surface area contributed by atoms with Crippen LogP contribution in [0.25, 0.3) is 68.1 Å². The fraction of sp³-hybridized carbons (Fsp3) is 0.180. The number of nitrogens with two attached hydrogens (primary N) is 4. The second-order valence-corrected chi connectivity index (χ2v) is 32.6. The first-order valence-corrected chi connectivity index (χ1v) is 42.0. The number of hydrogen-bond acceptors (Lipinski definition) is 19. The number of nitrogen functional groups attached to an aromatic ring is 2. The molecule has 12 aromatic heterocycles. The van der Waals surface area contributed by atoms with E-state index < -0.39 is 87.5 Å². The molecule has 0 saturated heterocycles. The second-order valence-electron chi connectivity index (χ2n) is 31.3. The molecule has 684 valence electrons. The van der Waals surface area contributed by atoms with Gasteiger partial charge in [0.05, 0.1) is 85.1 Å². The van der Waals surface area contributed by atoms with Gasteiger partial charge in [-0.05, 0) is 209 Å². The van der Waals surface area contributed by atoms with E-state index in [1.165, 1.54) is 132 Å². The van der Waals surface area contributed by atoms with E-state index >= 15 is 0 Å². The molecule has 0 radical (unpaired) electrons. The molecule has 4 fully saturated rings. The summed E-state index contributed by atoms with van der Waals surface area (Å²) in [5.74, 6) is -1.64. The molecule has 4 saturated carbocycles.